The zero-order chi connectivity index (χ0) is 24.0. The molecule has 0 saturated carbocycles. The molecular formula is C12O12Os. The Bertz CT molecular complexity index is 73.1. The van der Waals surface area contributed by atoms with Crippen LogP contribution < -0.4 is 0 Å². The van der Waals surface area contributed by atoms with Crippen molar-refractivity contribution in [1.29, 1.82) is 0 Å². The second-order valence-corrected chi connectivity index (χ2v) is 0. The molecule has 0 aromatic rings. The zero-order valence-electron chi connectivity index (χ0n) is 11.3. The molecule has 0 rings (SSSR count). The first-order valence-corrected chi connectivity index (χ1v) is 2.45. The minimum Gasteiger partial charge on any atom is -0.281 e. The molecule has 0 atom stereocenters. The van der Waals surface area contributed by atoms with E-state index in [1.54, 1.807) is 0 Å². The molecule has 0 bridgehead atoms. The van der Waals surface area contributed by atoms with E-state index >= 15 is 0 Å². The molecule has 0 fully saturated rings. The smallest absolute Gasteiger partial charge is 0.281 e. The topological polar surface area (TPSA) is 205 Å². The molecule has 0 heterocycles. The van der Waals surface area contributed by atoms with E-state index < -0.39 is 0 Å². The summed E-state index contributed by atoms with van der Waals surface area (Å²) in [5.41, 5.74) is 0. The average Bonchev–Trinajstić information content (AvgIpc) is 2.84. The number of hydrogen-bond donors (Lipinski definition) is 0. The summed E-state index contributed by atoms with van der Waals surface area (Å²) in [6.07, 6.45) is 0. The van der Waals surface area contributed by atoms with Gasteiger partial charge in [-0.2, -0.15) is 0 Å². The molecule has 0 unspecified atom stereocenters. The molecule has 13 heteroatoms. The third-order valence-corrected chi connectivity index (χ3v) is 0. The van der Waals surface area contributed by atoms with Crippen molar-refractivity contribution < 1.29 is 77.3 Å². The number of hydrogen-bond acceptors (Lipinski definition) is 12. The van der Waals surface area contributed by atoms with E-state index in [0.29, 0.717) is 0 Å². The van der Waals surface area contributed by atoms with Gasteiger partial charge >= 0.3 is 0 Å². The third kappa shape index (κ3) is 653. The van der Waals surface area contributed by atoms with Crippen molar-refractivity contribution in [3.63, 3.8) is 0 Å². The fraction of sp³-hybridized carbons (Fsp3) is 0. The summed E-state index contributed by atoms with van der Waals surface area (Å²) in [6, 6.07) is 0. The standard InChI is InChI=1S/12CO.Os/c12*1-2;. The molecule has 128 valence electrons. The maximum atomic E-state index is 7.50. The van der Waals surface area contributed by atoms with Gasteiger partial charge in [-0.15, -0.1) is 0 Å². The van der Waals surface area contributed by atoms with Gasteiger partial charge in [0.05, 0.1) is 0 Å². The van der Waals surface area contributed by atoms with Crippen LogP contribution in [0.3, 0.4) is 0 Å². The predicted molar refractivity (Wildman–Crippen MR) is 68.3 cm³/mol. The summed E-state index contributed by atoms with van der Waals surface area (Å²) in [5, 5.41) is 0. The summed E-state index contributed by atoms with van der Waals surface area (Å²) < 4.78 is 0. The minimum atomic E-state index is 0. The molecule has 0 N–H and O–H groups in total. The van der Waals surface area contributed by atoms with Crippen molar-refractivity contribution in [1.82, 2.24) is 0 Å². The Labute approximate surface area is 159 Å². The van der Waals surface area contributed by atoms with E-state index in [9.17, 15) is 0 Å². The van der Waals surface area contributed by atoms with Crippen molar-refractivity contribution in [3.8, 4) is 0 Å². The van der Waals surface area contributed by atoms with Crippen LogP contribution in [0, 0.1) is 0 Å². The molecular weight excluding hydrogens is 526 g/mol. The van der Waals surface area contributed by atoms with E-state index in [1.807, 2.05) is 0 Å². The third-order valence-electron chi connectivity index (χ3n) is 0. The van der Waals surface area contributed by atoms with Crippen molar-refractivity contribution >= 4 is 81.5 Å². The Morgan fingerprint density at radius 1 is 0.160 bits per heavy atom. The van der Waals surface area contributed by atoms with Crippen molar-refractivity contribution in [2.75, 3.05) is 0 Å². The molecule has 0 saturated heterocycles. The molecule has 0 aromatic carbocycles. The van der Waals surface area contributed by atoms with Crippen LogP contribution in [0.2, 0.25) is 0 Å². The van der Waals surface area contributed by atoms with Gasteiger partial charge < -0.3 is 0 Å². The largest absolute Gasteiger partial charge is 0.281 e. The molecule has 0 aromatic heterocycles. The van der Waals surface area contributed by atoms with Gasteiger partial charge in [0.2, 0.25) is 0 Å². The van der Waals surface area contributed by atoms with E-state index in [2.05, 4.69) is 81.5 Å². The Balaban J connectivity index is -0.00000000569. The Hall–Kier alpha value is -3.32. The summed E-state index contributed by atoms with van der Waals surface area (Å²) in [7, 11) is 0. The van der Waals surface area contributed by atoms with Gasteiger partial charge in [-0.25, -0.2) is 0 Å². The van der Waals surface area contributed by atoms with Crippen LogP contribution in [0.5, 0.6) is 0 Å². The Kier molecular flexibility index (Phi) is 3570. The number of rotatable bonds is 0. The van der Waals surface area contributed by atoms with Crippen molar-refractivity contribution in [3.05, 3.63) is 0 Å². The summed E-state index contributed by atoms with van der Waals surface area (Å²) >= 11 is 0. The molecule has 0 aliphatic carbocycles. The zero-order valence-corrected chi connectivity index (χ0v) is 13.8. The molecule has 0 aliphatic rings. The van der Waals surface area contributed by atoms with Crippen LogP contribution >= 0.6 is 0 Å². The monoisotopic (exact) mass is 528 g/mol. The van der Waals surface area contributed by atoms with Gasteiger partial charge in [0.25, 0.3) is 81.5 Å². The van der Waals surface area contributed by atoms with E-state index in [-0.39, 0.29) is 19.8 Å². The van der Waals surface area contributed by atoms with Gasteiger partial charge in [0, 0.05) is 19.8 Å². The molecule has 0 amide bonds. The van der Waals surface area contributed by atoms with E-state index in [0.717, 1.165) is 0 Å². The summed E-state index contributed by atoms with van der Waals surface area (Å²) in [5.74, 6) is 0. The van der Waals surface area contributed by atoms with E-state index in [1.165, 1.54) is 0 Å². The predicted octanol–water partition coefficient (Wildman–Crippen LogP) is -4.77. The fourth-order valence-corrected chi connectivity index (χ4v) is 0. The van der Waals surface area contributed by atoms with Gasteiger partial charge in [0.15, 0.2) is 0 Å². The maximum absolute atomic E-state index is 7.50. The average molecular weight is 526 g/mol. The van der Waals surface area contributed by atoms with E-state index in [4.69, 9.17) is 57.5 Å². The first-order valence-electron chi connectivity index (χ1n) is 2.45. The fourth-order valence-electron chi connectivity index (χ4n) is 0. The number of carbonyl (C=O) groups excluding carboxylic acids is 12. The van der Waals surface area contributed by atoms with Crippen LogP contribution in [-0.4, -0.2) is 81.5 Å². The van der Waals surface area contributed by atoms with Gasteiger partial charge in [-0.1, -0.05) is 0 Å². The Morgan fingerprint density at radius 2 is 0.160 bits per heavy atom. The van der Waals surface area contributed by atoms with Crippen LogP contribution in [0.15, 0.2) is 0 Å². The minimum absolute atomic E-state index is 0. The Morgan fingerprint density at radius 3 is 0.160 bits per heavy atom. The van der Waals surface area contributed by atoms with Crippen molar-refractivity contribution in [2.24, 2.45) is 0 Å². The normalized spacial score (nSPS) is 1.92. The van der Waals surface area contributed by atoms with Gasteiger partial charge in [-0.05, 0) is 0 Å². The molecule has 25 heavy (non-hydrogen) atoms. The van der Waals surface area contributed by atoms with Crippen molar-refractivity contribution in [2.45, 2.75) is 0 Å². The summed E-state index contributed by atoms with van der Waals surface area (Å²) in [6.45, 7) is 54.0. The van der Waals surface area contributed by atoms with Crippen LogP contribution in [0.1, 0.15) is 0 Å². The maximum Gasteiger partial charge on any atom is 0.281 e. The second-order valence-electron chi connectivity index (χ2n) is 0. The first kappa shape index (κ1) is 123. The van der Waals surface area contributed by atoms with Crippen LogP contribution in [-0.2, 0) is 77.3 Å². The summed E-state index contributed by atoms with van der Waals surface area (Å²) in [4.78, 5) is 90.0. The SMILES string of the molecule is [C]=O.[C]=O.[C]=O.[C]=O.[C]=O.[C]=O.[C]=O.[C]=O.[C]=O.[C]=O.[C]=O.[C]=O.[Os]. The first-order chi connectivity index (χ1) is 12.0. The van der Waals surface area contributed by atoms with Gasteiger partial charge in [0.1, 0.15) is 0 Å². The molecule has 12 nitrogen and oxygen atoms in total. The molecule has 0 spiro atoms. The molecule has 24 radical (unpaired) electrons. The quantitative estimate of drug-likeness (QED) is 0.292. The molecule has 0 aliphatic heterocycles. The van der Waals surface area contributed by atoms with Crippen LogP contribution in [0.25, 0.3) is 0 Å². The second kappa shape index (κ2) is 725. The van der Waals surface area contributed by atoms with Gasteiger partial charge in [-0.3, -0.25) is 57.5 Å². The van der Waals surface area contributed by atoms with Crippen LogP contribution in [0.4, 0.5) is 0 Å².